The zero-order valence-corrected chi connectivity index (χ0v) is 22.1. The zero-order chi connectivity index (χ0) is 27.0. The third kappa shape index (κ3) is 6.95. The Labute approximate surface area is 227 Å². The molecule has 1 saturated heterocycles. The molecule has 1 aliphatic heterocycles. The topological polar surface area (TPSA) is 80.1 Å². The van der Waals surface area contributed by atoms with Crippen LogP contribution in [0.1, 0.15) is 59.4 Å². The number of hydrogen-bond acceptors (Lipinski definition) is 5. The number of carbonyl (C=O) groups excluding carboxylic acids is 1. The number of rotatable bonds is 9. The molecule has 1 N–H and O–H groups in total. The number of likely N-dealkylation sites (tertiary alicyclic amines) is 1. The number of halogens is 1. The van der Waals surface area contributed by atoms with E-state index in [1.54, 1.807) is 24.3 Å². The summed E-state index contributed by atoms with van der Waals surface area (Å²) >= 11 is 0. The van der Waals surface area contributed by atoms with E-state index < -0.39 is 0 Å². The summed E-state index contributed by atoms with van der Waals surface area (Å²) in [5, 5.41) is 2.98. The van der Waals surface area contributed by atoms with E-state index in [9.17, 15) is 14.0 Å². The van der Waals surface area contributed by atoms with E-state index in [1.807, 2.05) is 30.3 Å². The number of benzene rings is 2. The molecular formula is C31H34FN5O2. The number of nitrogens with one attached hydrogen (secondary N) is 1. The lowest BCUT2D eigenvalue weighted by atomic mass is 10.1. The number of nitrogens with zero attached hydrogens (tertiary/aromatic N) is 4. The molecule has 4 aromatic rings. The maximum absolute atomic E-state index is 13.6. The molecule has 0 aliphatic carbocycles. The van der Waals surface area contributed by atoms with Crippen LogP contribution >= 0.6 is 0 Å². The van der Waals surface area contributed by atoms with Gasteiger partial charge >= 0.3 is 0 Å². The second kappa shape index (κ2) is 12.8. The molecule has 39 heavy (non-hydrogen) atoms. The third-order valence-corrected chi connectivity index (χ3v) is 7.19. The van der Waals surface area contributed by atoms with Crippen LogP contribution in [0.3, 0.4) is 0 Å². The summed E-state index contributed by atoms with van der Waals surface area (Å²) in [4.78, 5) is 38.2. The quantitative estimate of drug-likeness (QED) is 0.323. The molecule has 0 spiro atoms. The Morgan fingerprint density at radius 1 is 0.872 bits per heavy atom. The van der Waals surface area contributed by atoms with Crippen molar-refractivity contribution in [1.82, 2.24) is 24.8 Å². The van der Waals surface area contributed by atoms with Crippen LogP contribution in [0.5, 0.6) is 0 Å². The van der Waals surface area contributed by atoms with Gasteiger partial charge in [-0.25, -0.2) is 14.4 Å². The van der Waals surface area contributed by atoms with Crippen molar-refractivity contribution >= 4 is 17.1 Å². The lowest BCUT2D eigenvalue weighted by Gasteiger charge is -2.19. The van der Waals surface area contributed by atoms with Crippen molar-refractivity contribution in [3.63, 3.8) is 0 Å². The molecular weight excluding hydrogens is 493 g/mol. The summed E-state index contributed by atoms with van der Waals surface area (Å²) in [5.41, 5.74) is 2.93. The standard InChI is InChI=1S/C31H34FN5O2/c32-25-13-11-24(12-14-25)22-37-29-26(34-28(31(37)39)21-23-9-4-3-5-10-23)15-16-27(35-29)30(38)33-17-8-20-36-18-6-1-2-7-19-36/h3-5,9-16H,1-2,6-8,17-22H2,(H,33,38). The Balaban J connectivity index is 1.38. The second-order valence-electron chi connectivity index (χ2n) is 10.1. The Morgan fingerprint density at radius 3 is 2.36 bits per heavy atom. The smallest absolute Gasteiger partial charge is 0.274 e. The summed E-state index contributed by atoms with van der Waals surface area (Å²) in [7, 11) is 0. The molecule has 7 nitrogen and oxygen atoms in total. The first kappa shape index (κ1) is 26.7. The fraction of sp³-hybridized carbons (Fsp3) is 0.355. The minimum absolute atomic E-state index is 0.188. The van der Waals surface area contributed by atoms with Crippen molar-refractivity contribution in [2.75, 3.05) is 26.2 Å². The first-order chi connectivity index (χ1) is 19.1. The number of hydrogen-bond donors (Lipinski definition) is 1. The Bertz CT molecular complexity index is 1460. The van der Waals surface area contributed by atoms with Crippen molar-refractivity contribution in [2.45, 2.75) is 45.1 Å². The zero-order valence-electron chi connectivity index (χ0n) is 22.1. The highest BCUT2D eigenvalue weighted by Gasteiger charge is 2.16. The van der Waals surface area contributed by atoms with Crippen molar-refractivity contribution in [2.24, 2.45) is 0 Å². The van der Waals surface area contributed by atoms with Gasteiger partial charge in [-0.05, 0) is 74.3 Å². The summed E-state index contributed by atoms with van der Waals surface area (Å²) in [6.45, 7) is 3.98. The van der Waals surface area contributed by atoms with Gasteiger partial charge in [0.05, 0.1) is 6.54 Å². The van der Waals surface area contributed by atoms with Crippen LogP contribution in [0.2, 0.25) is 0 Å². The molecule has 1 aliphatic rings. The SMILES string of the molecule is O=C(NCCCN1CCCCCC1)c1ccc2nc(Cc3ccccc3)c(=O)n(Cc3ccc(F)cc3)c2n1. The van der Waals surface area contributed by atoms with E-state index in [1.165, 1.54) is 42.4 Å². The molecule has 2 aromatic carbocycles. The summed E-state index contributed by atoms with van der Waals surface area (Å²) in [5.74, 6) is -0.620. The van der Waals surface area contributed by atoms with Gasteiger partial charge in [0.1, 0.15) is 22.7 Å². The average molecular weight is 528 g/mol. The van der Waals surface area contributed by atoms with E-state index in [-0.39, 0.29) is 29.5 Å². The fourth-order valence-corrected chi connectivity index (χ4v) is 5.08. The van der Waals surface area contributed by atoms with Crippen LogP contribution in [0.25, 0.3) is 11.2 Å². The molecule has 1 fully saturated rings. The number of aromatic nitrogens is 3. The van der Waals surface area contributed by atoms with Crippen LogP contribution in [0.15, 0.2) is 71.5 Å². The van der Waals surface area contributed by atoms with Crippen LogP contribution in [-0.4, -0.2) is 51.5 Å². The lowest BCUT2D eigenvalue weighted by Crippen LogP contribution is -2.31. The van der Waals surface area contributed by atoms with Crippen molar-refractivity contribution in [3.05, 3.63) is 105 Å². The summed E-state index contributed by atoms with van der Waals surface area (Å²) in [6, 6.07) is 19.1. The van der Waals surface area contributed by atoms with Crippen LogP contribution in [0, 0.1) is 5.82 Å². The highest BCUT2D eigenvalue weighted by Crippen LogP contribution is 2.15. The molecule has 0 bridgehead atoms. The molecule has 2 aromatic heterocycles. The molecule has 3 heterocycles. The van der Waals surface area contributed by atoms with Gasteiger partial charge in [-0.1, -0.05) is 55.3 Å². The third-order valence-electron chi connectivity index (χ3n) is 7.19. The number of amides is 1. The maximum Gasteiger partial charge on any atom is 0.274 e. The van der Waals surface area contributed by atoms with Gasteiger partial charge in [-0.15, -0.1) is 0 Å². The predicted octanol–water partition coefficient (Wildman–Crippen LogP) is 4.57. The first-order valence-corrected chi connectivity index (χ1v) is 13.8. The second-order valence-corrected chi connectivity index (χ2v) is 10.1. The monoisotopic (exact) mass is 527 g/mol. The molecule has 0 saturated carbocycles. The van der Waals surface area contributed by atoms with Crippen LogP contribution in [0.4, 0.5) is 4.39 Å². The van der Waals surface area contributed by atoms with E-state index in [2.05, 4.69) is 20.2 Å². The van der Waals surface area contributed by atoms with Gasteiger partial charge in [0, 0.05) is 13.0 Å². The molecule has 0 atom stereocenters. The van der Waals surface area contributed by atoms with E-state index in [4.69, 9.17) is 0 Å². The van der Waals surface area contributed by atoms with Crippen LogP contribution < -0.4 is 10.9 Å². The largest absolute Gasteiger partial charge is 0.351 e. The Morgan fingerprint density at radius 2 is 1.62 bits per heavy atom. The highest BCUT2D eigenvalue weighted by atomic mass is 19.1. The number of carbonyl (C=O) groups is 1. The van der Waals surface area contributed by atoms with Gasteiger partial charge < -0.3 is 10.2 Å². The van der Waals surface area contributed by atoms with E-state index >= 15 is 0 Å². The first-order valence-electron chi connectivity index (χ1n) is 13.8. The van der Waals surface area contributed by atoms with Crippen molar-refractivity contribution < 1.29 is 9.18 Å². The fourth-order valence-electron chi connectivity index (χ4n) is 5.08. The molecule has 5 rings (SSSR count). The minimum atomic E-state index is -0.344. The molecule has 0 unspecified atom stereocenters. The average Bonchev–Trinajstić information content (AvgIpc) is 3.23. The summed E-state index contributed by atoms with van der Waals surface area (Å²) in [6.07, 6.45) is 6.34. The minimum Gasteiger partial charge on any atom is -0.351 e. The van der Waals surface area contributed by atoms with Gasteiger partial charge in [0.2, 0.25) is 0 Å². The van der Waals surface area contributed by atoms with Crippen molar-refractivity contribution in [1.29, 1.82) is 0 Å². The van der Waals surface area contributed by atoms with Gasteiger partial charge in [-0.2, -0.15) is 0 Å². The van der Waals surface area contributed by atoms with E-state index in [0.29, 0.717) is 29.8 Å². The maximum atomic E-state index is 13.6. The Kier molecular flexibility index (Phi) is 8.73. The van der Waals surface area contributed by atoms with Gasteiger partial charge in [0.15, 0.2) is 5.65 Å². The van der Waals surface area contributed by atoms with Crippen LogP contribution in [-0.2, 0) is 13.0 Å². The number of pyridine rings is 1. The van der Waals surface area contributed by atoms with E-state index in [0.717, 1.165) is 37.2 Å². The van der Waals surface area contributed by atoms with Crippen molar-refractivity contribution in [3.8, 4) is 0 Å². The number of fused-ring (bicyclic) bond motifs is 1. The Hall–Kier alpha value is -3.91. The molecule has 8 heteroatoms. The normalized spacial score (nSPS) is 14.3. The molecule has 1 amide bonds. The van der Waals surface area contributed by atoms with Gasteiger partial charge in [0.25, 0.3) is 11.5 Å². The lowest BCUT2D eigenvalue weighted by molar-refractivity contribution is 0.0947. The highest BCUT2D eigenvalue weighted by molar-refractivity contribution is 5.94. The predicted molar refractivity (Wildman–Crippen MR) is 150 cm³/mol. The molecule has 0 radical (unpaired) electrons. The molecule has 202 valence electrons. The van der Waals surface area contributed by atoms with Gasteiger partial charge in [-0.3, -0.25) is 14.2 Å². The summed E-state index contributed by atoms with van der Waals surface area (Å²) < 4.78 is 15.1.